The number of hydrogen-bond acceptors (Lipinski definition) is 4. The van der Waals surface area contributed by atoms with Crippen molar-refractivity contribution in [1.82, 2.24) is 15.6 Å². The highest BCUT2D eigenvalue weighted by Gasteiger charge is 1.96. The fourth-order valence-corrected chi connectivity index (χ4v) is 1.97. The predicted octanol–water partition coefficient (Wildman–Crippen LogP) is 1.30. The molecule has 5 heteroatoms. The summed E-state index contributed by atoms with van der Waals surface area (Å²) in [4.78, 5) is 13.7. The lowest BCUT2D eigenvalue weighted by atomic mass is 10.3. The molecule has 1 aromatic heterocycles. The van der Waals surface area contributed by atoms with Crippen molar-refractivity contribution >= 4 is 11.3 Å². The summed E-state index contributed by atoms with van der Waals surface area (Å²) in [5.41, 5.74) is 0.982. The van der Waals surface area contributed by atoms with Gasteiger partial charge in [0.25, 0.3) is 0 Å². The first-order valence-electron chi connectivity index (χ1n) is 5.79. The Kier molecular flexibility index (Phi) is 6.37. The molecule has 0 aliphatic rings. The maximum Gasteiger partial charge on any atom is 0.304 e. The van der Waals surface area contributed by atoms with Crippen molar-refractivity contribution in [1.29, 1.82) is 0 Å². The molecular weight excluding hydrogens is 222 g/mol. The van der Waals surface area contributed by atoms with E-state index in [-0.39, 0.29) is 4.87 Å². The lowest BCUT2D eigenvalue weighted by molar-refractivity contribution is 0.540. The van der Waals surface area contributed by atoms with Crippen LogP contribution in [0.15, 0.2) is 10.2 Å². The number of aromatic amines is 1. The maximum absolute atomic E-state index is 10.9. The smallest absolute Gasteiger partial charge is 0.304 e. The molecule has 1 rings (SSSR count). The first-order valence-corrected chi connectivity index (χ1v) is 6.67. The Morgan fingerprint density at radius 1 is 1.38 bits per heavy atom. The average Bonchev–Trinajstić information content (AvgIpc) is 2.62. The van der Waals surface area contributed by atoms with Crippen LogP contribution < -0.4 is 15.5 Å². The van der Waals surface area contributed by atoms with Gasteiger partial charge in [-0.2, -0.15) is 0 Å². The second-order valence-corrected chi connectivity index (χ2v) is 5.01. The lowest BCUT2D eigenvalue weighted by Crippen LogP contribution is -2.24. The summed E-state index contributed by atoms with van der Waals surface area (Å²) in [6.07, 6.45) is 2.35. The van der Waals surface area contributed by atoms with Gasteiger partial charge in [0.2, 0.25) is 0 Å². The largest absolute Gasteiger partial charge is 0.315 e. The van der Waals surface area contributed by atoms with Gasteiger partial charge in [0.05, 0.1) is 0 Å². The average molecular weight is 243 g/mol. The molecule has 0 atom stereocenters. The number of nitrogens with one attached hydrogen (secondary N) is 3. The van der Waals surface area contributed by atoms with Crippen LogP contribution >= 0.6 is 11.3 Å². The van der Waals surface area contributed by atoms with Crippen LogP contribution in [-0.4, -0.2) is 24.1 Å². The summed E-state index contributed by atoms with van der Waals surface area (Å²) < 4.78 is 0. The minimum atomic E-state index is 0.0259. The molecular formula is C11H21N3OS. The second-order valence-electron chi connectivity index (χ2n) is 4.17. The third kappa shape index (κ3) is 6.05. The van der Waals surface area contributed by atoms with Crippen molar-refractivity contribution in [2.24, 2.45) is 0 Å². The number of aromatic nitrogens is 1. The molecule has 4 nitrogen and oxygen atoms in total. The van der Waals surface area contributed by atoms with Crippen molar-refractivity contribution < 1.29 is 0 Å². The van der Waals surface area contributed by atoms with Crippen LogP contribution in [0.2, 0.25) is 0 Å². The summed E-state index contributed by atoms with van der Waals surface area (Å²) >= 11 is 1.22. The van der Waals surface area contributed by atoms with Crippen molar-refractivity contribution in [2.75, 3.05) is 13.1 Å². The van der Waals surface area contributed by atoms with Gasteiger partial charge in [0.15, 0.2) is 0 Å². The molecule has 0 aromatic carbocycles. The normalized spacial score (nSPS) is 11.2. The second kappa shape index (κ2) is 7.60. The number of unbranched alkanes of at least 4 members (excludes halogenated alkanes) is 1. The zero-order valence-corrected chi connectivity index (χ0v) is 10.8. The molecule has 3 N–H and O–H groups in total. The molecule has 92 valence electrons. The predicted molar refractivity (Wildman–Crippen MR) is 69.0 cm³/mol. The third-order valence-electron chi connectivity index (χ3n) is 2.22. The molecule has 0 fully saturated rings. The van der Waals surface area contributed by atoms with Crippen LogP contribution in [0.3, 0.4) is 0 Å². The molecule has 0 spiro atoms. The first-order chi connectivity index (χ1) is 7.68. The highest BCUT2D eigenvalue weighted by atomic mass is 32.1. The van der Waals surface area contributed by atoms with Gasteiger partial charge in [-0.15, -0.1) is 0 Å². The van der Waals surface area contributed by atoms with Gasteiger partial charge in [0.1, 0.15) is 0 Å². The van der Waals surface area contributed by atoms with E-state index in [1.807, 2.05) is 5.38 Å². The van der Waals surface area contributed by atoms with E-state index in [2.05, 4.69) is 29.5 Å². The Hall–Kier alpha value is -0.650. The van der Waals surface area contributed by atoms with E-state index < -0.39 is 0 Å². The van der Waals surface area contributed by atoms with Gasteiger partial charge in [-0.1, -0.05) is 25.2 Å². The van der Waals surface area contributed by atoms with Gasteiger partial charge < -0.3 is 15.6 Å². The zero-order chi connectivity index (χ0) is 11.8. The van der Waals surface area contributed by atoms with Crippen LogP contribution in [0.25, 0.3) is 0 Å². The van der Waals surface area contributed by atoms with E-state index in [0.717, 1.165) is 31.7 Å². The van der Waals surface area contributed by atoms with E-state index in [9.17, 15) is 4.79 Å². The first kappa shape index (κ1) is 13.4. The monoisotopic (exact) mass is 243 g/mol. The summed E-state index contributed by atoms with van der Waals surface area (Å²) in [5, 5.41) is 8.57. The van der Waals surface area contributed by atoms with Crippen molar-refractivity contribution in [3.8, 4) is 0 Å². The van der Waals surface area contributed by atoms with Gasteiger partial charge in [0, 0.05) is 23.7 Å². The molecule has 16 heavy (non-hydrogen) atoms. The van der Waals surface area contributed by atoms with Gasteiger partial charge in [-0.3, -0.25) is 4.79 Å². The summed E-state index contributed by atoms with van der Waals surface area (Å²) in [5.74, 6) is 0. The van der Waals surface area contributed by atoms with Crippen LogP contribution in [0.5, 0.6) is 0 Å². The van der Waals surface area contributed by atoms with E-state index in [4.69, 9.17) is 0 Å². The molecule has 0 radical (unpaired) electrons. The summed E-state index contributed by atoms with van der Waals surface area (Å²) in [6.45, 7) is 7.15. The fraction of sp³-hybridized carbons (Fsp3) is 0.727. The number of H-pyrrole nitrogens is 1. The van der Waals surface area contributed by atoms with Crippen molar-refractivity contribution in [3.05, 3.63) is 20.7 Å². The maximum atomic E-state index is 10.9. The Morgan fingerprint density at radius 3 is 2.75 bits per heavy atom. The minimum Gasteiger partial charge on any atom is -0.315 e. The van der Waals surface area contributed by atoms with E-state index in [1.165, 1.54) is 17.8 Å². The lowest BCUT2D eigenvalue weighted by Gasteiger charge is -2.07. The van der Waals surface area contributed by atoms with Gasteiger partial charge in [-0.05, 0) is 25.9 Å². The molecule has 0 unspecified atom stereocenters. The van der Waals surface area contributed by atoms with E-state index in [0.29, 0.717) is 6.04 Å². The van der Waals surface area contributed by atoms with Crippen LogP contribution in [0.1, 0.15) is 32.4 Å². The topological polar surface area (TPSA) is 56.9 Å². The van der Waals surface area contributed by atoms with Gasteiger partial charge >= 0.3 is 4.87 Å². The Balaban J connectivity index is 1.94. The molecule has 0 saturated carbocycles. The van der Waals surface area contributed by atoms with Crippen molar-refractivity contribution in [2.45, 2.75) is 39.3 Å². The fourth-order valence-electron chi connectivity index (χ4n) is 1.39. The summed E-state index contributed by atoms with van der Waals surface area (Å²) in [6, 6.07) is 0.573. The highest BCUT2D eigenvalue weighted by molar-refractivity contribution is 7.07. The number of rotatable bonds is 8. The van der Waals surface area contributed by atoms with E-state index in [1.54, 1.807) is 0 Å². The van der Waals surface area contributed by atoms with Crippen LogP contribution in [-0.2, 0) is 6.54 Å². The van der Waals surface area contributed by atoms with Crippen LogP contribution in [0, 0.1) is 0 Å². The Morgan fingerprint density at radius 2 is 2.12 bits per heavy atom. The standard InChI is InChI=1S/C11H21N3OS/c1-9(2)13-6-4-3-5-12-7-10-8-16-11(15)14-10/h8-9,12-13H,3-7H2,1-2H3,(H,14,15). The zero-order valence-electron chi connectivity index (χ0n) is 10.0. The Labute approximate surface area is 100 Å². The van der Waals surface area contributed by atoms with E-state index >= 15 is 0 Å². The number of hydrogen-bond donors (Lipinski definition) is 3. The Bertz CT molecular complexity index is 332. The van der Waals surface area contributed by atoms with Crippen molar-refractivity contribution in [3.63, 3.8) is 0 Å². The molecule has 0 amide bonds. The molecule has 1 heterocycles. The van der Waals surface area contributed by atoms with Gasteiger partial charge in [-0.25, -0.2) is 0 Å². The molecule has 0 bridgehead atoms. The molecule has 1 aromatic rings. The number of thiazole rings is 1. The SMILES string of the molecule is CC(C)NCCCCNCc1csc(=O)[nH]1. The quantitative estimate of drug-likeness (QED) is 0.603. The molecule has 0 aliphatic heterocycles. The summed E-state index contributed by atoms with van der Waals surface area (Å²) in [7, 11) is 0. The minimum absolute atomic E-state index is 0.0259. The van der Waals surface area contributed by atoms with Crippen LogP contribution in [0.4, 0.5) is 0 Å². The molecule has 0 aliphatic carbocycles. The third-order valence-corrected chi connectivity index (χ3v) is 2.94. The molecule has 0 saturated heterocycles. The highest BCUT2D eigenvalue weighted by Crippen LogP contribution is 1.94.